The van der Waals surface area contributed by atoms with E-state index in [-0.39, 0.29) is 49.4 Å². The molecule has 17 N–H and O–H groups in total. The van der Waals surface area contributed by atoms with E-state index in [1.54, 1.807) is 18.3 Å². The Morgan fingerprint density at radius 2 is 1.05 bits per heavy atom. The van der Waals surface area contributed by atoms with Crippen LogP contribution >= 0.6 is 0 Å². The third-order valence-corrected chi connectivity index (χ3v) is 10.6. The van der Waals surface area contributed by atoms with Gasteiger partial charge in [0.1, 0.15) is 17.8 Å². The number of primary amides is 1. The Balaban J connectivity index is 1.48. The number of hydrogen-bond acceptors (Lipinski definition) is 13. The summed E-state index contributed by atoms with van der Waals surface area (Å²) in [6.07, 6.45) is 10.3. The summed E-state index contributed by atoms with van der Waals surface area (Å²) in [7, 11) is 0. The van der Waals surface area contributed by atoms with Gasteiger partial charge in [0.15, 0.2) is 0 Å². The first kappa shape index (κ1) is 56.8. The van der Waals surface area contributed by atoms with Crippen molar-refractivity contribution >= 4 is 52.3 Å². The summed E-state index contributed by atoms with van der Waals surface area (Å²) in [5, 5.41) is 37.3. The predicted octanol–water partition coefficient (Wildman–Crippen LogP) is -1.13. The van der Waals surface area contributed by atoms with Crippen LogP contribution in [0.4, 0.5) is 0 Å². The van der Waals surface area contributed by atoms with Gasteiger partial charge in [0.05, 0.1) is 12.8 Å². The first-order valence-electron chi connectivity index (χ1n) is 23.7. The monoisotopic (exact) mass is 930 g/mol. The molecule has 1 heterocycles. The number of phenolic OH excluding ortho intramolecular Hbond substituents is 1. The van der Waals surface area contributed by atoms with Gasteiger partial charge in [-0.25, -0.2) is 0 Å². The zero-order chi connectivity index (χ0) is 48.2. The van der Waals surface area contributed by atoms with Gasteiger partial charge in [0.2, 0.25) is 41.4 Å². The van der Waals surface area contributed by atoms with Crippen molar-refractivity contribution in [3.63, 3.8) is 0 Å². The Morgan fingerprint density at radius 3 is 1.58 bits per heavy atom. The molecule has 0 aliphatic carbocycles. The number of phenols is 1. The number of amides is 7. The van der Waals surface area contributed by atoms with Gasteiger partial charge in [-0.1, -0.05) is 6.07 Å². The largest absolute Gasteiger partial charge is 0.507 e. The van der Waals surface area contributed by atoms with Crippen LogP contribution in [0.15, 0.2) is 24.4 Å². The van der Waals surface area contributed by atoms with Gasteiger partial charge in [0.25, 0.3) is 0 Å². The molecular formula is C45H79N13O8. The van der Waals surface area contributed by atoms with Crippen LogP contribution in [0.1, 0.15) is 102 Å². The van der Waals surface area contributed by atoms with Crippen molar-refractivity contribution < 1.29 is 38.7 Å². The van der Waals surface area contributed by atoms with E-state index in [4.69, 9.17) is 17.2 Å². The lowest BCUT2D eigenvalue weighted by atomic mass is 10.1. The molecule has 0 aliphatic rings. The fourth-order valence-corrected chi connectivity index (χ4v) is 6.90. The highest BCUT2D eigenvalue weighted by molar-refractivity contribution is 5.96. The van der Waals surface area contributed by atoms with Crippen molar-refractivity contribution in [3.05, 3.63) is 30.0 Å². The van der Waals surface area contributed by atoms with Gasteiger partial charge in [-0.15, -0.1) is 0 Å². The van der Waals surface area contributed by atoms with Crippen molar-refractivity contribution in [1.29, 1.82) is 0 Å². The number of nitrogens with two attached hydrogens (primary N) is 3. The molecule has 21 nitrogen and oxygen atoms in total. The molecule has 1 aromatic carbocycles. The highest BCUT2D eigenvalue weighted by Crippen LogP contribution is 2.27. The molecule has 0 fully saturated rings. The molecule has 2 aromatic rings. The smallest absolute Gasteiger partial charge is 0.243 e. The lowest BCUT2D eigenvalue weighted by Gasteiger charge is -2.22. The van der Waals surface area contributed by atoms with E-state index >= 15 is 0 Å². The maximum Gasteiger partial charge on any atom is 0.243 e. The molecule has 0 bridgehead atoms. The average molecular weight is 930 g/mol. The molecule has 66 heavy (non-hydrogen) atoms. The number of aromatic amines is 1. The zero-order valence-corrected chi connectivity index (χ0v) is 38.8. The van der Waals surface area contributed by atoms with E-state index in [9.17, 15) is 38.7 Å². The molecule has 0 unspecified atom stereocenters. The van der Waals surface area contributed by atoms with Gasteiger partial charge in [-0.3, -0.25) is 33.6 Å². The molecule has 0 saturated carbocycles. The Labute approximate surface area is 389 Å². The summed E-state index contributed by atoms with van der Waals surface area (Å²) in [6, 6.07) is 2.67. The Morgan fingerprint density at radius 1 is 0.545 bits per heavy atom. The number of hydrogen-bond donors (Lipinski definition) is 14. The molecule has 2 rings (SSSR count). The quantitative estimate of drug-likeness (QED) is 0.0353. The van der Waals surface area contributed by atoms with Crippen LogP contribution in [-0.2, 0) is 40.0 Å². The van der Waals surface area contributed by atoms with E-state index in [0.717, 1.165) is 58.2 Å². The van der Waals surface area contributed by atoms with Crippen LogP contribution in [0, 0.1) is 0 Å². The topological polar surface area (TPSA) is 342 Å². The van der Waals surface area contributed by atoms with Gasteiger partial charge in [-0.2, -0.15) is 0 Å². The minimum atomic E-state index is -1.25. The van der Waals surface area contributed by atoms with Crippen LogP contribution in [0.5, 0.6) is 5.75 Å². The van der Waals surface area contributed by atoms with Crippen molar-refractivity contribution in [2.24, 2.45) is 17.2 Å². The standard InChI is InChI=1S/C45H79N13O8/c46-18-2-5-20-49-27-15-40(62)53-24-8-7-22-51-29-17-41(63)54-25-9-6-21-50-28-16-39(61)52-23-3-1-4-26-55-44(65)36(31-38(48)60)58-45(66)35(13-11-19-47)57-42(64)30-33-32-56-34-12-10-14-37(59)43(33)34/h10,12,14,32,35-36,49-51,56,59H,1-9,11,13,15-31,46-47H2,(H2,48,60)(H,52,61)(H,53,62)(H,54,63)(H,55,65)(H,57,64)(H,58,66)/t35-,36-/m0/s1. The fourth-order valence-electron chi connectivity index (χ4n) is 6.90. The normalized spacial score (nSPS) is 12.0. The Kier molecular flexibility index (Phi) is 30.8. The van der Waals surface area contributed by atoms with E-state index in [1.165, 1.54) is 6.07 Å². The van der Waals surface area contributed by atoms with Crippen LogP contribution in [-0.4, -0.2) is 142 Å². The van der Waals surface area contributed by atoms with Crippen LogP contribution in [0.2, 0.25) is 0 Å². The van der Waals surface area contributed by atoms with E-state index in [2.05, 4.69) is 52.8 Å². The number of unbranched alkanes of at least 4 members (excludes halogenated alkanes) is 5. The Bertz CT molecular complexity index is 1740. The van der Waals surface area contributed by atoms with Crippen molar-refractivity contribution in [1.82, 2.24) is 52.8 Å². The molecule has 2 atom stereocenters. The number of H-pyrrole nitrogens is 1. The predicted molar refractivity (Wildman–Crippen MR) is 255 cm³/mol. The van der Waals surface area contributed by atoms with Crippen LogP contribution in [0.3, 0.4) is 0 Å². The van der Waals surface area contributed by atoms with Crippen molar-refractivity contribution in [2.45, 2.75) is 115 Å². The lowest BCUT2D eigenvalue weighted by molar-refractivity contribution is -0.133. The second kappa shape index (κ2) is 35.9. The summed E-state index contributed by atoms with van der Waals surface area (Å²) in [5.74, 6) is -2.52. The molecule has 1 aromatic heterocycles. The fraction of sp³-hybridized carbons (Fsp3) is 0.667. The summed E-state index contributed by atoms with van der Waals surface area (Å²) in [4.78, 5) is 90.3. The number of aromatic hydroxyl groups is 1. The van der Waals surface area contributed by atoms with Gasteiger partial charge < -0.3 is 75.1 Å². The summed E-state index contributed by atoms with van der Waals surface area (Å²) >= 11 is 0. The van der Waals surface area contributed by atoms with E-state index in [1.807, 2.05) is 0 Å². The highest BCUT2D eigenvalue weighted by atomic mass is 16.3. The number of carbonyl (C=O) groups is 7. The molecule has 0 aliphatic heterocycles. The van der Waals surface area contributed by atoms with E-state index in [0.29, 0.717) is 107 Å². The first-order chi connectivity index (χ1) is 31.9. The molecule has 7 amide bonds. The van der Waals surface area contributed by atoms with E-state index < -0.39 is 42.1 Å². The van der Waals surface area contributed by atoms with Crippen LogP contribution < -0.4 is 65.1 Å². The number of benzene rings is 1. The molecule has 0 radical (unpaired) electrons. The second-order valence-electron chi connectivity index (χ2n) is 16.3. The molecule has 21 heteroatoms. The number of carbonyl (C=O) groups excluding carboxylic acids is 7. The minimum absolute atomic E-state index is 0.00574. The number of fused-ring (bicyclic) bond motifs is 1. The summed E-state index contributed by atoms with van der Waals surface area (Å²) in [5.41, 5.74) is 17.7. The maximum atomic E-state index is 13.3. The maximum absolute atomic E-state index is 13.3. The van der Waals surface area contributed by atoms with Crippen LogP contribution in [0.25, 0.3) is 10.9 Å². The number of aromatic nitrogens is 1. The molecule has 372 valence electrons. The number of rotatable bonds is 40. The van der Waals surface area contributed by atoms with Gasteiger partial charge in [0, 0.05) is 82.2 Å². The highest BCUT2D eigenvalue weighted by Gasteiger charge is 2.28. The summed E-state index contributed by atoms with van der Waals surface area (Å²) in [6.45, 7) is 7.16. The third-order valence-electron chi connectivity index (χ3n) is 10.6. The van der Waals surface area contributed by atoms with Crippen molar-refractivity contribution in [2.75, 3.05) is 78.5 Å². The zero-order valence-electron chi connectivity index (χ0n) is 38.8. The average Bonchev–Trinajstić information content (AvgIpc) is 3.70. The minimum Gasteiger partial charge on any atom is -0.507 e. The third kappa shape index (κ3) is 26.6. The lowest BCUT2D eigenvalue weighted by Crippen LogP contribution is -2.55. The van der Waals surface area contributed by atoms with Gasteiger partial charge >= 0.3 is 0 Å². The molecule has 0 saturated heterocycles. The second-order valence-corrected chi connectivity index (χ2v) is 16.3. The first-order valence-corrected chi connectivity index (χ1v) is 23.7. The molecule has 0 spiro atoms. The van der Waals surface area contributed by atoms with Crippen molar-refractivity contribution in [3.8, 4) is 5.75 Å². The number of nitrogens with one attached hydrogen (secondary N) is 10. The van der Waals surface area contributed by atoms with Gasteiger partial charge in [-0.05, 0) is 121 Å². The molecular weight excluding hydrogens is 851 g/mol. The SMILES string of the molecule is NCCCCNCCC(=O)NCCCCNCCC(=O)NCCCCNCCC(=O)NCCCCCNC(=O)[C@H](CC(N)=O)NC(=O)[C@H](CCCN)NC(=O)Cc1c[nH]c2cccc(O)c12. The Hall–Kier alpha value is -5.35. The summed E-state index contributed by atoms with van der Waals surface area (Å²) < 4.78 is 0.